The number of aliphatic carboxylic acids is 1. The highest BCUT2D eigenvalue weighted by Crippen LogP contribution is 2.02. The number of likely N-dealkylation sites (N-methyl/N-ethyl adjacent to an activating group) is 1. The number of carboxylic acid groups (broad SMARTS) is 1. The summed E-state index contributed by atoms with van der Waals surface area (Å²) in [5.41, 5.74) is 5.14. The van der Waals surface area contributed by atoms with Gasteiger partial charge in [-0.2, -0.15) is 0 Å². The van der Waals surface area contributed by atoms with Gasteiger partial charge in [0.25, 0.3) is 0 Å². The first-order valence-electron chi connectivity index (χ1n) is 5.36. The maximum Gasteiger partial charge on any atom is 0.323 e. The van der Waals surface area contributed by atoms with Crippen LogP contribution < -0.4 is 11.1 Å². The van der Waals surface area contributed by atoms with Crippen molar-refractivity contribution < 1.29 is 19.5 Å². The zero-order chi connectivity index (χ0) is 13.6. The van der Waals surface area contributed by atoms with Crippen LogP contribution in [0, 0.1) is 5.92 Å². The molecule has 0 aliphatic heterocycles. The molecule has 0 aliphatic carbocycles. The van der Waals surface area contributed by atoms with Crippen LogP contribution in [0.5, 0.6) is 0 Å². The maximum absolute atomic E-state index is 11.7. The topological polar surface area (TPSA) is 113 Å². The summed E-state index contributed by atoms with van der Waals surface area (Å²) in [5.74, 6) is -1.90. The van der Waals surface area contributed by atoms with Crippen molar-refractivity contribution >= 4 is 17.9 Å². The average Bonchev–Trinajstić information content (AvgIpc) is 2.20. The Morgan fingerprint density at radius 2 is 1.88 bits per heavy atom. The number of primary amides is 1. The van der Waals surface area contributed by atoms with Crippen LogP contribution in [-0.4, -0.2) is 47.0 Å². The van der Waals surface area contributed by atoms with Gasteiger partial charge >= 0.3 is 12.0 Å². The Kier molecular flexibility index (Phi) is 6.01. The number of nitrogens with two attached hydrogens (primary N) is 1. The summed E-state index contributed by atoms with van der Waals surface area (Å²) in [7, 11) is 0. The third kappa shape index (κ3) is 5.19. The number of hydrogen-bond acceptors (Lipinski definition) is 3. The predicted octanol–water partition coefficient (Wildman–Crippen LogP) is -0.388. The van der Waals surface area contributed by atoms with Gasteiger partial charge in [0.2, 0.25) is 5.91 Å². The molecule has 0 heterocycles. The Labute approximate surface area is 100.0 Å². The number of urea groups is 1. The lowest BCUT2D eigenvalue weighted by atomic mass is 10.0. The van der Waals surface area contributed by atoms with E-state index in [0.29, 0.717) is 0 Å². The largest absolute Gasteiger partial charge is 0.480 e. The molecule has 3 amide bonds. The number of rotatable bonds is 6. The molecule has 7 nitrogen and oxygen atoms in total. The van der Waals surface area contributed by atoms with Crippen molar-refractivity contribution in [2.75, 3.05) is 13.1 Å². The molecule has 17 heavy (non-hydrogen) atoms. The molecule has 0 radical (unpaired) electrons. The van der Waals surface area contributed by atoms with Gasteiger partial charge in [0.15, 0.2) is 0 Å². The molecule has 0 aromatic rings. The smallest absolute Gasteiger partial charge is 0.323 e. The molecule has 0 spiro atoms. The second kappa shape index (κ2) is 6.72. The van der Waals surface area contributed by atoms with E-state index in [4.69, 9.17) is 10.8 Å². The van der Waals surface area contributed by atoms with Crippen molar-refractivity contribution in [2.24, 2.45) is 11.7 Å². The monoisotopic (exact) mass is 245 g/mol. The van der Waals surface area contributed by atoms with Gasteiger partial charge in [-0.1, -0.05) is 13.8 Å². The second-order valence-corrected chi connectivity index (χ2v) is 3.98. The predicted molar refractivity (Wildman–Crippen MR) is 61.2 cm³/mol. The molecule has 1 unspecified atom stereocenters. The number of hydrogen-bond donors (Lipinski definition) is 3. The van der Waals surface area contributed by atoms with E-state index in [0.717, 1.165) is 4.90 Å². The van der Waals surface area contributed by atoms with Crippen LogP contribution in [0.1, 0.15) is 20.8 Å². The molecule has 0 fully saturated rings. The third-order valence-corrected chi connectivity index (χ3v) is 2.25. The Morgan fingerprint density at radius 3 is 2.18 bits per heavy atom. The fraction of sp³-hybridized carbons (Fsp3) is 0.700. The number of nitrogens with one attached hydrogen (secondary N) is 1. The lowest BCUT2D eigenvalue weighted by Gasteiger charge is -2.24. The van der Waals surface area contributed by atoms with Gasteiger partial charge in [0.05, 0.1) is 0 Å². The molecule has 7 heteroatoms. The molecule has 0 rings (SSSR count). The lowest BCUT2D eigenvalue weighted by molar-refractivity contribution is -0.137. The van der Waals surface area contributed by atoms with Crippen molar-refractivity contribution in [1.82, 2.24) is 10.2 Å². The van der Waals surface area contributed by atoms with Gasteiger partial charge in [-0.15, -0.1) is 0 Å². The van der Waals surface area contributed by atoms with E-state index >= 15 is 0 Å². The Morgan fingerprint density at radius 1 is 1.35 bits per heavy atom. The van der Waals surface area contributed by atoms with Crippen molar-refractivity contribution in [1.29, 1.82) is 0 Å². The first-order valence-corrected chi connectivity index (χ1v) is 5.36. The molecule has 0 aliphatic rings. The quantitative estimate of drug-likeness (QED) is 0.591. The maximum atomic E-state index is 11.7. The van der Waals surface area contributed by atoms with Crippen LogP contribution in [-0.2, 0) is 9.59 Å². The van der Waals surface area contributed by atoms with E-state index in [1.54, 1.807) is 20.8 Å². The van der Waals surface area contributed by atoms with Gasteiger partial charge in [0, 0.05) is 6.54 Å². The highest BCUT2D eigenvalue weighted by molar-refractivity contribution is 5.87. The summed E-state index contributed by atoms with van der Waals surface area (Å²) in [6.45, 7) is 4.96. The van der Waals surface area contributed by atoms with Crippen molar-refractivity contribution in [3.8, 4) is 0 Å². The molecular weight excluding hydrogens is 226 g/mol. The van der Waals surface area contributed by atoms with Crippen LogP contribution in [0.2, 0.25) is 0 Å². The summed E-state index contributed by atoms with van der Waals surface area (Å²) < 4.78 is 0. The number of carbonyl (C=O) groups excluding carboxylic acids is 2. The summed E-state index contributed by atoms with van der Waals surface area (Å²) in [4.78, 5) is 34.4. The van der Waals surface area contributed by atoms with Gasteiger partial charge in [0.1, 0.15) is 12.6 Å². The molecule has 0 saturated carbocycles. The molecular formula is C10H19N3O4. The molecule has 0 saturated heterocycles. The van der Waals surface area contributed by atoms with Crippen LogP contribution in [0.3, 0.4) is 0 Å². The Hall–Kier alpha value is -1.79. The zero-order valence-corrected chi connectivity index (χ0v) is 10.3. The van der Waals surface area contributed by atoms with E-state index in [1.165, 1.54) is 0 Å². The Bertz CT molecular complexity index is 304. The number of amides is 3. The third-order valence-electron chi connectivity index (χ3n) is 2.25. The van der Waals surface area contributed by atoms with Gasteiger partial charge in [-0.3, -0.25) is 9.59 Å². The zero-order valence-electron chi connectivity index (χ0n) is 10.3. The minimum absolute atomic E-state index is 0.153. The van der Waals surface area contributed by atoms with E-state index < -0.39 is 30.5 Å². The van der Waals surface area contributed by atoms with Gasteiger partial charge in [-0.05, 0) is 12.8 Å². The van der Waals surface area contributed by atoms with Crippen molar-refractivity contribution in [2.45, 2.75) is 26.8 Å². The molecule has 0 bridgehead atoms. The molecule has 1 atom stereocenters. The average molecular weight is 245 g/mol. The summed E-state index contributed by atoms with van der Waals surface area (Å²) in [5, 5.41) is 11.0. The van der Waals surface area contributed by atoms with Crippen molar-refractivity contribution in [3.63, 3.8) is 0 Å². The number of carboxylic acids is 1. The second-order valence-electron chi connectivity index (χ2n) is 3.98. The standard InChI is InChI=1S/C10H19N3O4/c1-4-13(5-7(14)15)10(17)12-8(6(2)3)9(11)16/h6,8H,4-5H2,1-3H3,(H2,11,16)(H,12,17)(H,14,15). The van der Waals surface area contributed by atoms with E-state index in [-0.39, 0.29) is 12.5 Å². The van der Waals surface area contributed by atoms with Crippen molar-refractivity contribution in [3.05, 3.63) is 0 Å². The van der Waals surface area contributed by atoms with Gasteiger partial charge in [-0.25, -0.2) is 4.79 Å². The molecule has 0 aromatic carbocycles. The van der Waals surface area contributed by atoms with Crippen LogP contribution >= 0.6 is 0 Å². The summed E-state index contributed by atoms with van der Waals surface area (Å²) in [6, 6.07) is -1.40. The molecule has 0 aromatic heterocycles. The minimum atomic E-state index is -1.11. The molecule has 4 N–H and O–H groups in total. The fourth-order valence-corrected chi connectivity index (χ4v) is 1.28. The highest BCUT2D eigenvalue weighted by atomic mass is 16.4. The fourth-order valence-electron chi connectivity index (χ4n) is 1.28. The number of nitrogens with zero attached hydrogens (tertiary/aromatic N) is 1. The first-order chi connectivity index (χ1) is 7.79. The highest BCUT2D eigenvalue weighted by Gasteiger charge is 2.24. The number of carbonyl (C=O) groups is 3. The normalized spacial score (nSPS) is 12.0. The minimum Gasteiger partial charge on any atom is -0.480 e. The summed E-state index contributed by atoms with van der Waals surface area (Å²) in [6.07, 6.45) is 0. The van der Waals surface area contributed by atoms with E-state index in [2.05, 4.69) is 5.32 Å². The SMILES string of the molecule is CCN(CC(=O)O)C(=O)NC(C(N)=O)C(C)C. The van der Waals surface area contributed by atoms with Crippen LogP contribution in [0.25, 0.3) is 0 Å². The summed E-state index contributed by atoms with van der Waals surface area (Å²) >= 11 is 0. The van der Waals surface area contributed by atoms with Crippen LogP contribution in [0.15, 0.2) is 0 Å². The lowest BCUT2D eigenvalue weighted by Crippen LogP contribution is -2.53. The molecule has 98 valence electrons. The van der Waals surface area contributed by atoms with Crippen LogP contribution in [0.4, 0.5) is 4.79 Å². The van der Waals surface area contributed by atoms with Gasteiger partial charge < -0.3 is 21.1 Å². The Balaban J connectivity index is 4.57. The van der Waals surface area contributed by atoms with E-state index in [9.17, 15) is 14.4 Å². The van der Waals surface area contributed by atoms with E-state index in [1.807, 2.05) is 0 Å². The first kappa shape index (κ1) is 15.2.